The molecule has 1 fully saturated rings. The van der Waals surface area contributed by atoms with Crippen molar-refractivity contribution in [3.8, 4) is 5.75 Å². The van der Waals surface area contributed by atoms with E-state index in [1.807, 2.05) is 0 Å². The Morgan fingerprint density at radius 2 is 1.71 bits per heavy atom. The third-order valence-electron chi connectivity index (χ3n) is 4.72. The minimum absolute atomic E-state index is 0.00295. The van der Waals surface area contributed by atoms with Crippen molar-refractivity contribution < 1.29 is 19.1 Å². The van der Waals surface area contributed by atoms with E-state index in [1.54, 1.807) is 55.5 Å². The molecule has 1 amide bonds. The molecule has 1 aliphatic rings. The molecule has 1 N–H and O–H groups in total. The second-order valence-electron chi connectivity index (χ2n) is 6.92. The Bertz CT molecular complexity index is 816. The van der Waals surface area contributed by atoms with Crippen LogP contribution in [0.15, 0.2) is 48.5 Å². The van der Waals surface area contributed by atoms with E-state index in [-0.39, 0.29) is 18.0 Å². The highest BCUT2D eigenvalue weighted by Gasteiger charge is 2.23. The predicted octanol–water partition coefficient (Wildman–Crippen LogP) is 5.24. The third kappa shape index (κ3) is 5.49. The van der Waals surface area contributed by atoms with Gasteiger partial charge in [-0.05, 0) is 69.0 Å². The fraction of sp³-hybridized carbons (Fsp3) is 0.364. The third-order valence-corrected chi connectivity index (χ3v) is 5.05. The molecule has 5 nitrogen and oxygen atoms in total. The number of benzene rings is 2. The van der Waals surface area contributed by atoms with Crippen LogP contribution in [-0.4, -0.2) is 24.1 Å². The number of rotatable bonds is 6. The standard InChI is InChI=1S/C22H24ClNO4/c1-15(22(26)28-17-7-3-2-4-8-17)27-18-13-11-16(12-14-18)21(25)24-20-10-6-5-9-19(20)23/h5-6,9-15,17H,2-4,7-8H2,1H3,(H,24,25)/t15-/m1/s1. The van der Waals surface area contributed by atoms with Crippen LogP contribution >= 0.6 is 11.6 Å². The fourth-order valence-corrected chi connectivity index (χ4v) is 3.32. The topological polar surface area (TPSA) is 64.6 Å². The molecule has 1 aliphatic carbocycles. The van der Waals surface area contributed by atoms with Crippen molar-refractivity contribution in [2.45, 2.75) is 51.2 Å². The van der Waals surface area contributed by atoms with Gasteiger partial charge in [0, 0.05) is 5.56 Å². The summed E-state index contributed by atoms with van der Waals surface area (Å²) in [4.78, 5) is 24.5. The van der Waals surface area contributed by atoms with E-state index in [4.69, 9.17) is 21.1 Å². The van der Waals surface area contributed by atoms with Crippen molar-refractivity contribution >= 4 is 29.2 Å². The lowest BCUT2D eigenvalue weighted by molar-refractivity contribution is -0.158. The largest absolute Gasteiger partial charge is 0.479 e. The van der Waals surface area contributed by atoms with Crippen LogP contribution in [0.4, 0.5) is 5.69 Å². The van der Waals surface area contributed by atoms with Gasteiger partial charge in [0.15, 0.2) is 6.10 Å². The maximum atomic E-state index is 12.3. The molecule has 28 heavy (non-hydrogen) atoms. The molecular weight excluding hydrogens is 378 g/mol. The van der Waals surface area contributed by atoms with Gasteiger partial charge in [0.05, 0.1) is 10.7 Å². The lowest BCUT2D eigenvalue weighted by atomic mass is 9.98. The molecular formula is C22H24ClNO4. The Labute approximate surface area is 170 Å². The summed E-state index contributed by atoms with van der Waals surface area (Å²) in [7, 11) is 0. The zero-order valence-electron chi connectivity index (χ0n) is 15.8. The summed E-state index contributed by atoms with van der Waals surface area (Å²) in [5, 5.41) is 3.24. The number of hydrogen-bond acceptors (Lipinski definition) is 4. The molecule has 0 spiro atoms. The summed E-state index contributed by atoms with van der Waals surface area (Å²) in [5.74, 6) is -0.126. The fourth-order valence-electron chi connectivity index (χ4n) is 3.14. The van der Waals surface area contributed by atoms with Crippen LogP contribution in [0.2, 0.25) is 5.02 Å². The summed E-state index contributed by atoms with van der Waals surface area (Å²) in [6.45, 7) is 1.67. The zero-order chi connectivity index (χ0) is 19.9. The summed E-state index contributed by atoms with van der Waals surface area (Å²) >= 11 is 6.06. The number of hydrogen-bond donors (Lipinski definition) is 1. The Balaban J connectivity index is 1.54. The van der Waals surface area contributed by atoms with E-state index < -0.39 is 6.10 Å². The summed E-state index contributed by atoms with van der Waals surface area (Å²) in [6.07, 6.45) is 4.56. The Morgan fingerprint density at radius 1 is 1.04 bits per heavy atom. The first-order valence-corrected chi connectivity index (χ1v) is 9.94. The number of ether oxygens (including phenoxy) is 2. The Kier molecular flexibility index (Phi) is 6.93. The SMILES string of the molecule is C[C@@H](Oc1ccc(C(=O)Nc2ccccc2Cl)cc1)C(=O)OC1CCCCC1. The van der Waals surface area contributed by atoms with E-state index in [0.29, 0.717) is 22.0 Å². The number of para-hydroxylation sites is 1. The minimum atomic E-state index is -0.704. The average Bonchev–Trinajstić information content (AvgIpc) is 2.71. The van der Waals surface area contributed by atoms with Crippen LogP contribution in [0.5, 0.6) is 5.75 Å². The van der Waals surface area contributed by atoms with Gasteiger partial charge in [-0.15, -0.1) is 0 Å². The van der Waals surface area contributed by atoms with Crippen LogP contribution in [0, 0.1) is 0 Å². The number of amides is 1. The molecule has 0 unspecified atom stereocenters. The van der Waals surface area contributed by atoms with E-state index in [1.165, 1.54) is 6.42 Å². The Hall–Kier alpha value is -2.53. The van der Waals surface area contributed by atoms with Crippen molar-refractivity contribution in [1.29, 1.82) is 0 Å². The maximum absolute atomic E-state index is 12.3. The second-order valence-corrected chi connectivity index (χ2v) is 7.32. The highest BCUT2D eigenvalue weighted by atomic mass is 35.5. The zero-order valence-corrected chi connectivity index (χ0v) is 16.6. The highest BCUT2D eigenvalue weighted by molar-refractivity contribution is 6.33. The molecule has 0 aliphatic heterocycles. The monoisotopic (exact) mass is 401 g/mol. The first kappa shape index (κ1) is 20.2. The maximum Gasteiger partial charge on any atom is 0.347 e. The number of carbonyl (C=O) groups is 2. The van der Waals surface area contributed by atoms with Crippen molar-refractivity contribution in [1.82, 2.24) is 0 Å². The first-order chi connectivity index (χ1) is 13.5. The second kappa shape index (κ2) is 9.60. The summed E-state index contributed by atoms with van der Waals surface area (Å²) in [6, 6.07) is 13.6. The van der Waals surface area contributed by atoms with E-state index in [9.17, 15) is 9.59 Å². The molecule has 1 saturated carbocycles. The normalized spacial score (nSPS) is 15.5. The van der Waals surface area contributed by atoms with Crippen molar-refractivity contribution in [2.24, 2.45) is 0 Å². The van der Waals surface area contributed by atoms with Gasteiger partial charge >= 0.3 is 5.97 Å². The number of halogens is 1. The van der Waals surface area contributed by atoms with Gasteiger partial charge in [0.1, 0.15) is 11.9 Å². The minimum Gasteiger partial charge on any atom is -0.479 e. The van der Waals surface area contributed by atoms with Crippen LogP contribution in [0.3, 0.4) is 0 Å². The molecule has 0 aromatic heterocycles. The molecule has 0 saturated heterocycles. The van der Waals surface area contributed by atoms with Gasteiger partial charge < -0.3 is 14.8 Å². The van der Waals surface area contributed by atoms with Crippen LogP contribution < -0.4 is 10.1 Å². The molecule has 2 aromatic carbocycles. The molecule has 6 heteroatoms. The van der Waals surface area contributed by atoms with E-state index in [2.05, 4.69) is 5.32 Å². The van der Waals surface area contributed by atoms with E-state index >= 15 is 0 Å². The first-order valence-electron chi connectivity index (χ1n) is 9.56. The molecule has 0 radical (unpaired) electrons. The van der Waals surface area contributed by atoms with Crippen LogP contribution in [0.1, 0.15) is 49.4 Å². The molecule has 2 aromatic rings. The van der Waals surface area contributed by atoms with Gasteiger partial charge in [-0.2, -0.15) is 0 Å². The molecule has 1 atom stereocenters. The summed E-state index contributed by atoms with van der Waals surface area (Å²) in [5.41, 5.74) is 1.01. The number of carbonyl (C=O) groups excluding carboxylic acids is 2. The molecule has 0 bridgehead atoms. The average molecular weight is 402 g/mol. The lowest BCUT2D eigenvalue weighted by Gasteiger charge is -2.23. The number of esters is 1. The number of nitrogens with one attached hydrogen (secondary N) is 1. The number of anilines is 1. The lowest BCUT2D eigenvalue weighted by Crippen LogP contribution is -2.31. The van der Waals surface area contributed by atoms with Crippen LogP contribution in [-0.2, 0) is 9.53 Å². The van der Waals surface area contributed by atoms with Gasteiger partial charge in [-0.25, -0.2) is 4.79 Å². The predicted molar refractivity (Wildman–Crippen MR) is 109 cm³/mol. The van der Waals surface area contributed by atoms with E-state index in [0.717, 1.165) is 25.7 Å². The quantitative estimate of drug-likeness (QED) is 0.672. The molecule has 3 rings (SSSR count). The Morgan fingerprint density at radius 3 is 2.39 bits per heavy atom. The van der Waals surface area contributed by atoms with Crippen molar-refractivity contribution in [3.05, 3.63) is 59.1 Å². The van der Waals surface area contributed by atoms with Gasteiger partial charge in [-0.3, -0.25) is 4.79 Å². The molecule has 148 valence electrons. The van der Waals surface area contributed by atoms with Gasteiger partial charge in [0.2, 0.25) is 0 Å². The van der Waals surface area contributed by atoms with Crippen molar-refractivity contribution in [3.63, 3.8) is 0 Å². The highest BCUT2D eigenvalue weighted by Crippen LogP contribution is 2.23. The molecule has 0 heterocycles. The smallest absolute Gasteiger partial charge is 0.347 e. The van der Waals surface area contributed by atoms with Crippen LogP contribution in [0.25, 0.3) is 0 Å². The van der Waals surface area contributed by atoms with Crippen molar-refractivity contribution in [2.75, 3.05) is 5.32 Å². The van der Waals surface area contributed by atoms with Gasteiger partial charge in [0.25, 0.3) is 5.91 Å². The van der Waals surface area contributed by atoms with Gasteiger partial charge in [-0.1, -0.05) is 30.2 Å². The summed E-state index contributed by atoms with van der Waals surface area (Å²) < 4.78 is 11.2.